The van der Waals surface area contributed by atoms with Crippen molar-refractivity contribution in [3.05, 3.63) is 29.3 Å². The van der Waals surface area contributed by atoms with Gasteiger partial charge < -0.3 is 15.2 Å². The molecule has 0 spiro atoms. The van der Waals surface area contributed by atoms with Gasteiger partial charge in [-0.1, -0.05) is 37.6 Å². The SMILES string of the molecule is CC(C)CC(O)CNC(=O)COc1ccccc1Cl. The summed E-state index contributed by atoms with van der Waals surface area (Å²) in [5.41, 5.74) is 0. The quantitative estimate of drug-likeness (QED) is 0.808. The van der Waals surface area contributed by atoms with Crippen LogP contribution in [0.4, 0.5) is 0 Å². The van der Waals surface area contributed by atoms with Gasteiger partial charge in [0.1, 0.15) is 5.75 Å². The van der Waals surface area contributed by atoms with Crippen molar-refractivity contribution in [3.8, 4) is 5.75 Å². The number of carbonyl (C=O) groups excluding carboxylic acids is 1. The largest absolute Gasteiger partial charge is 0.482 e. The molecule has 0 bridgehead atoms. The minimum atomic E-state index is -0.524. The number of ether oxygens (including phenoxy) is 1. The van der Waals surface area contributed by atoms with E-state index < -0.39 is 6.10 Å². The van der Waals surface area contributed by atoms with Crippen molar-refractivity contribution in [2.75, 3.05) is 13.2 Å². The molecule has 0 aliphatic carbocycles. The monoisotopic (exact) mass is 285 g/mol. The zero-order valence-electron chi connectivity index (χ0n) is 11.2. The highest BCUT2D eigenvalue weighted by molar-refractivity contribution is 6.32. The second-order valence-corrected chi connectivity index (χ2v) is 5.21. The fourth-order valence-corrected chi connectivity index (χ4v) is 1.81. The van der Waals surface area contributed by atoms with E-state index in [1.807, 2.05) is 13.8 Å². The third-order valence-electron chi connectivity index (χ3n) is 2.47. The van der Waals surface area contributed by atoms with E-state index in [0.29, 0.717) is 23.1 Å². The molecule has 1 atom stereocenters. The maximum atomic E-state index is 11.5. The predicted molar refractivity (Wildman–Crippen MR) is 75.4 cm³/mol. The Bertz CT molecular complexity index is 409. The summed E-state index contributed by atoms with van der Waals surface area (Å²) in [6, 6.07) is 6.97. The van der Waals surface area contributed by atoms with E-state index >= 15 is 0 Å². The Balaban J connectivity index is 2.27. The summed E-state index contributed by atoms with van der Waals surface area (Å²) in [6.07, 6.45) is 0.135. The average molecular weight is 286 g/mol. The van der Waals surface area contributed by atoms with Crippen LogP contribution >= 0.6 is 11.6 Å². The standard InChI is InChI=1S/C14H20ClNO3/c1-10(2)7-11(17)8-16-14(18)9-19-13-6-4-3-5-12(13)15/h3-6,10-11,17H,7-9H2,1-2H3,(H,16,18). The van der Waals surface area contributed by atoms with E-state index in [1.54, 1.807) is 24.3 Å². The molecule has 2 N–H and O–H groups in total. The molecular weight excluding hydrogens is 266 g/mol. The van der Waals surface area contributed by atoms with Crippen molar-refractivity contribution < 1.29 is 14.6 Å². The van der Waals surface area contributed by atoms with Gasteiger partial charge in [0.2, 0.25) is 0 Å². The zero-order chi connectivity index (χ0) is 14.3. The van der Waals surface area contributed by atoms with Gasteiger partial charge in [0.15, 0.2) is 6.61 Å². The van der Waals surface area contributed by atoms with Gasteiger partial charge in [0, 0.05) is 6.54 Å². The molecule has 1 amide bonds. The van der Waals surface area contributed by atoms with Crippen molar-refractivity contribution in [1.29, 1.82) is 0 Å². The summed E-state index contributed by atoms with van der Waals surface area (Å²) >= 11 is 5.90. The van der Waals surface area contributed by atoms with Crippen LogP contribution in [0.25, 0.3) is 0 Å². The van der Waals surface area contributed by atoms with Gasteiger partial charge in [0.25, 0.3) is 5.91 Å². The predicted octanol–water partition coefficient (Wildman–Crippen LogP) is 2.24. The summed E-state index contributed by atoms with van der Waals surface area (Å²) in [5, 5.41) is 12.7. The molecule has 0 fully saturated rings. The lowest BCUT2D eigenvalue weighted by Crippen LogP contribution is -2.35. The molecule has 0 aromatic heterocycles. The molecule has 5 heteroatoms. The highest BCUT2D eigenvalue weighted by Gasteiger charge is 2.10. The molecular formula is C14H20ClNO3. The fraction of sp³-hybridized carbons (Fsp3) is 0.500. The molecule has 4 nitrogen and oxygen atoms in total. The summed E-state index contributed by atoms with van der Waals surface area (Å²) in [5.74, 6) is 0.594. The van der Waals surface area contributed by atoms with Gasteiger partial charge in [-0.3, -0.25) is 4.79 Å². The number of rotatable bonds is 7. The molecule has 1 aromatic carbocycles. The molecule has 1 rings (SSSR count). The molecule has 0 saturated carbocycles. The van der Waals surface area contributed by atoms with E-state index in [2.05, 4.69) is 5.32 Å². The van der Waals surface area contributed by atoms with Crippen molar-refractivity contribution in [2.45, 2.75) is 26.4 Å². The van der Waals surface area contributed by atoms with E-state index in [4.69, 9.17) is 16.3 Å². The Kier molecular flexibility index (Phi) is 6.67. The number of hydrogen-bond acceptors (Lipinski definition) is 3. The number of para-hydroxylation sites is 1. The van der Waals surface area contributed by atoms with E-state index in [-0.39, 0.29) is 19.1 Å². The molecule has 0 aliphatic heterocycles. The third-order valence-corrected chi connectivity index (χ3v) is 2.79. The van der Waals surface area contributed by atoms with Crippen LogP contribution in [0.15, 0.2) is 24.3 Å². The van der Waals surface area contributed by atoms with Crippen LogP contribution in [0.1, 0.15) is 20.3 Å². The van der Waals surface area contributed by atoms with Gasteiger partial charge in [-0.25, -0.2) is 0 Å². The number of benzene rings is 1. The Labute approximate surface area is 118 Å². The van der Waals surface area contributed by atoms with Crippen LogP contribution < -0.4 is 10.1 Å². The normalized spacial score (nSPS) is 12.3. The highest BCUT2D eigenvalue weighted by atomic mass is 35.5. The van der Waals surface area contributed by atoms with Gasteiger partial charge >= 0.3 is 0 Å². The molecule has 0 radical (unpaired) electrons. The van der Waals surface area contributed by atoms with Gasteiger partial charge in [0.05, 0.1) is 11.1 Å². The molecule has 0 saturated heterocycles. The molecule has 0 heterocycles. The number of amides is 1. The average Bonchev–Trinajstić information content (AvgIpc) is 2.34. The first-order valence-electron chi connectivity index (χ1n) is 6.31. The Morgan fingerprint density at radius 2 is 2.11 bits per heavy atom. The maximum absolute atomic E-state index is 11.5. The second kappa shape index (κ2) is 8.02. The lowest BCUT2D eigenvalue weighted by molar-refractivity contribution is -0.123. The van der Waals surface area contributed by atoms with Crippen molar-refractivity contribution in [3.63, 3.8) is 0 Å². The van der Waals surface area contributed by atoms with E-state index in [9.17, 15) is 9.90 Å². The Morgan fingerprint density at radius 1 is 1.42 bits per heavy atom. The second-order valence-electron chi connectivity index (χ2n) is 4.81. The Hall–Kier alpha value is -1.26. The van der Waals surface area contributed by atoms with Gasteiger partial charge in [-0.05, 0) is 24.5 Å². The van der Waals surface area contributed by atoms with Crippen LogP contribution in [0.3, 0.4) is 0 Å². The number of nitrogens with one attached hydrogen (secondary N) is 1. The van der Waals surface area contributed by atoms with Crippen LogP contribution in [0.5, 0.6) is 5.75 Å². The number of halogens is 1. The molecule has 19 heavy (non-hydrogen) atoms. The summed E-state index contributed by atoms with van der Waals surface area (Å²) in [7, 11) is 0. The van der Waals surface area contributed by atoms with Gasteiger partial charge in [-0.2, -0.15) is 0 Å². The van der Waals surface area contributed by atoms with Gasteiger partial charge in [-0.15, -0.1) is 0 Å². The highest BCUT2D eigenvalue weighted by Crippen LogP contribution is 2.22. The molecule has 1 unspecified atom stereocenters. The number of carbonyl (C=O) groups is 1. The first kappa shape index (κ1) is 15.8. The minimum Gasteiger partial charge on any atom is -0.482 e. The fourth-order valence-electron chi connectivity index (χ4n) is 1.62. The van der Waals surface area contributed by atoms with E-state index in [0.717, 1.165) is 0 Å². The van der Waals surface area contributed by atoms with Crippen LogP contribution in [-0.2, 0) is 4.79 Å². The molecule has 1 aromatic rings. The first-order chi connectivity index (χ1) is 8.99. The summed E-state index contributed by atoms with van der Waals surface area (Å²) < 4.78 is 5.29. The third kappa shape index (κ3) is 6.45. The lowest BCUT2D eigenvalue weighted by atomic mass is 10.1. The summed E-state index contributed by atoms with van der Waals surface area (Å²) in [6.45, 7) is 4.16. The number of aliphatic hydroxyl groups is 1. The van der Waals surface area contributed by atoms with Crippen LogP contribution in [0, 0.1) is 5.92 Å². The smallest absolute Gasteiger partial charge is 0.258 e. The zero-order valence-corrected chi connectivity index (χ0v) is 12.0. The maximum Gasteiger partial charge on any atom is 0.258 e. The Morgan fingerprint density at radius 3 is 2.74 bits per heavy atom. The minimum absolute atomic E-state index is 0.113. The molecule has 106 valence electrons. The van der Waals surface area contributed by atoms with Crippen molar-refractivity contribution >= 4 is 17.5 Å². The van der Waals surface area contributed by atoms with Crippen molar-refractivity contribution in [2.24, 2.45) is 5.92 Å². The van der Waals surface area contributed by atoms with Crippen molar-refractivity contribution in [1.82, 2.24) is 5.32 Å². The lowest BCUT2D eigenvalue weighted by Gasteiger charge is -2.14. The summed E-state index contributed by atoms with van der Waals surface area (Å²) in [4.78, 5) is 11.5. The topological polar surface area (TPSA) is 58.6 Å². The first-order valence-corrected chi connectivity index (χ1v) is 6.69. The van der Waals surface area contributed by atoms with Crippen LogP contribution in [-0.4, -0.2) is 30.3 Å². The number of hydrogen-bond donors (Lipinski definition) is 2. The molecule has 0 aliphatic rings. The van der Waals surface area contributed by atoms with Crippen LogP contribution in [0.2, 0.25) is 5.02 Å². The number of aliphatic hydroxyl groups excluding tert-OH is 1. The van der Waals surface area contributed by atoms with E-state index in [1.165, 1.54) is 0 Å².